The zero-order chi connectivity index (χ0) is 14.5. The van der Waals surface area contributed by atoms with E-state index in [4.69, 9.17) is 11.6 Å². The SMILES string of the molecule is CC(C)c1ccc(C(=O)NCc2ccccc2Cl)cc1. The molecule has 0 spiro atoms. The van der Waals surface area contributed by atoms with Gasteiger partial charge in [-0.25, -0.2) is 0 Å². The molecular formula is C17H18ClNO. The lowest BCUT2D eigenvalue weighted by atomic mass is 10.0. The predicted octanol–water partition coefficient (Wildman–Crippen LogP) is 4.39. The van der Waals surface area contributed by atoms with Gasteiger partial charge in [-0.2, -0.15) is 0 Å². The van der Waals surface area contributed by atoms with Crippen molar-refractivity contribution in [3.8, 4) is 0 Å². The summed E-state index contributed by atoms with van der Waals surface area (Å²) in [5.74, 6) is 0.385. The minimum atomic E-state index is -0.0831. The quantitative estimate of drug-likeness (QED) is 0.887. The van der Waals surface area contributed by atoms with Gasteiger partial charge in [0.15, 0.2) is 0 Å². The van der Waals surface area contributed by atoms with E-state index in [1.54, 1.807) is 0 Å². The van der Waals surface area contributed by atoms with Gasteiger partial charge in [-0.3, -0.25) is 4.79 Å². The van der Waals surface area contributed by atoms with Crippen molar-refractivity contribution >= 4 is 17.5 Å². The topological polar surface area (TPSA) is 29.1 Å². The Morgan fingerprint density at radius 3 is 2.35 bits per heavy atom. The van der Waals surface area contributed by atoms with Crippen LogP contribution in [0.2, 0.25) is 5.02 Å². The van der Waals surface area contributed by atoms with E-state index in [1.807, 2.05) is 48.5 Å². The predicted molar refractivity (Wildman–Crippen MR) is 83.2 cm³/mol. The third kappa shape index (κ3) is 3.61. The van der Waals surface area contributed by atoms with Crippen LogP contribution < -0.4 is 5.32 Å². The van der Waals surface area contributed by atoms with Crippen LogP contribution in [0.5, 0.6) is 0 Å². The van der Waals surface area contributed by atoms with E-state index in [0.717, 1.165) is 5.56 Å². The first-order valence-electron chi connectivity index (χ1n) is 6.69. The minimum absolute atomic E-state index is 0.0831. The molecule has 0 aliphatic heterocycles. The number of carbonyl (C=O) groups excluding carboxylic acids is 1. The molecule has 1 N–H and O–H groups in total. The lowest BCUT2D eigenvalue weighted by Gasteiger charge is -2.09. The molecule has 0 bridgehead atoms. The number of carbonyl (C=O) groups is 1. The maximum atomic E-state index is 12.1. The Hall–Kier alpha value is -1.80. The Bertz CT molecular complexity index is 590. The van der Waals surface area contributed by atoms with Gasteiger partial charge in [0.25, 0.3) is 5.91 Å². The summed E-state index contributed by atoms with van der Waals surface area (Å²) in [4.78, 5) is 12.1. The van der Waals surface area contributed by atoms with Crippen molar-refractivity contribution in [2.45, 2.75) is 26.3 Å². The summed E-state index contributed by atoms with van der Waals surface area (Å²) < 4.78 is 0. The van der Waals surface area contributed by atoms with Crippen molar-refractivity contribution in [2.24, 2.45) is 0 Å². The maximum Gasteiger partial charge on any atom is 0.251 e. The molecule has 0 aliphatic rings. The fourth-order valence-electron chi connectivity index (χ4n) is 1.94. The molecule has 2 nitrogen and oxygen atoms in total. The summed E-state index contributed by atoms with van der Waals surface area (Å²) in [6.45, 7) is 4.70. The molecule has 104 valence electrons. The molecular weight excluding hydrogens is 270 g/mol. The normalized spacial score (nSPS) is 10.6. The van der Waals surface area contributed by atoms with Crippen molar-refractivity contribution in [2.75, 3.05) is 0 Å². The third-order valence-electron chi connectivity index (χ3n) is 3.24. The molecule has 2 rings (SSSR count). The van der Waals surface area contributed by atoms with Crippen molar-refractivity contribution in [3.63, 3.8) is 0 Å². The summed E-state index contributed by atoms with van der Waals surface area (Å²) in [6.07, 6.45) is 0. The van der Waals surface area contributed by atoms with Crippen molar-refractivity contribution in [1.82, 2.24) is 5.32 Å². The molecule has 3 heteroatoms. The molecule has 0 aliphatic carbocycles. The highest BCUT2D eigenvalue weighted by molar-refractivity contribution is 6.31. The summed E-state index contributed by atoms with van der Waals surface area (Å²) in [5.41, 5.74) is 2.82. The Balaban J connectivity index is 2.00. The molecule has 0 atom stereocenters. The highest BCUT2D eigenvalue weighted by atomic mass is 35.5. The lowest BCUT2D eigenvalue weighted by Crippen LogP contribution is -2.22. The highest BCUT2D eigenvalue weighted by Crippen LogP contribution is 2.16. The van der Waals surface area contributed by atoms with Gasteiger partial charge in [0.2, 0.25) is 0 Å². The minimum Gasteiger partial charge on any atom is -0.348 e. The average Bonchev–Trinajstić information content (AvgIpc) is 2.46. The second kappa shape index (κ2) is 6.58. The second-order valence-electron chi connectivity index (χ2n) is 5.05. The first-order valence-corrected chi connectivity index (χ1v) is 7.07. The molecule has 0 saturated carbocycles. The number of hydrogen-bond acceptors (Lipinski definition) is 1. The number of rotatable bonds is 4. The molecule has 2 aromatic carbocycles. The van der Waals surface area contributed by atoms with Gasteiger partial charge < -0.3 is 5.32 Å². The maximum absolute atomic E-state index is 12.1. The Morgan fingerprint density at radius 2 is 1.75 bits per heavy atom. The number of amides is 1. The molecule has 2 aromatic rings. The van der Waals surface area contributed by atoms with Crippen LogP contribution in [0.1, 0.15) is 41.3 Å². The van der Waals surface area contributed by atoms with Crippen LogP contribution in [0.25, 0.3) is 0 Å². The van der Waals surface area contributed by atoms with E-state index in [0.29, 0.717) is 23.0 Å². The number of hydrogen-bond donors (Lipinski definition) is 1. The van der Waals surface area contributed by atoms with Crippen molar-refractivity contribution in [1.29, 1.82) is 0 Å². The summed E-state index contributed by atoms with van der Waals surface area (Å²) in [6, 6.07) is 15.2. The second-order valence-corrected chi connectivity index (χ2v) is 5.46. The van der Waals surface area contributed by atoms with E-state index in [9.17, 15) is 4.79 Å². The largest absolute Gasteiger partial charge is 0.348 e. The molecule has 0 saturated heterocycles. The van der Waals surface area contributed by atoms with Crippen molar-refractivity contribution in [3.05, 3.63) is 70.2 Å². The molecule has 0 aromatic heterocycles. The van der Waals surface area contributed by atoms with Crippen LogP contribution in [0.4, 0.5) is 0 Å². The number of halogens is 1. The lowest BCUT2D eigenvalue weighted by molar-refractivity contribution is 0.0951. The number of nitrogens with one attached hydrogen (secondary N) is 1. The van der Waals surface area contributed by atoms with Crippen molar-refractivity contribution < 1.29 is 4.79 Å². The Kier molecular flexibility index (Phi) is 4.80. The Labute approximate surface area is 124 Å². The van der Waals surface area contributed by atoms with Gasteiger partial charge >= 0.3 is 0 Å². The first kappa shape index (κ1) is 14.6. The van der Waals surface area contributed by atoms with Crippen LogP contribution in [-0.4, -0.2) is 5.91 Å². The summed E-state index contributed by atoms with van der Waals surface area (Å²) in [5, 5.41) is 3.55. The average molecular weight is 288 g/mol. The van der Waals surface area contributed by atoms with Gasteiger partial charge in [-0.1, -0.05) is 55.8 Å². The Morgan fingerprint density at radius 1 is 1.10 bits per heavy atom. The molecule has 1 amide bonds. The molecule has 0 unspecified atom stereocenters. The first-order chi connectivity index (χ1) is 9.58. The van der Waals surface area contributed by atoms with Crippen LogP contribution in [-0.2, 0) is 6.54 Å². The number of benzene rings is 2. The summed E-state index contributed by atoms with van der Waals surface area (Å²) in [7, 11) is 0. The molecule has 20 heavy (non-hydrogen) atoms. The van der Waals surface area contributed by atoms with Gasteiger partial charge in [-0.15, -0.1) is 0 Å². The zero-order valence-electron chi connectivity index (χ0n) is 11.7. The monoisotopic (exact) mass is 287 g/mol. The van der Waals surface area contributed by atoms with Gasteiger partial charge in [0.05, 0.1) is 0 Å². The van der Waals surface area contributed by atoms with E-state index in [2.05, 4.69) is 19.2 Å². The van der Waals surface area contributed by atoms with Crippen LogP contribution in [0, 0.1) is 0 Å². The molecule has 0 fully saturated rings. The van der Waals surface area contributed by atoms with Crippen LogP contribution in [0.3, 0.4) is 0 Å². The summed E-state index contributed by atoms with van der Waals surface area (Å²) >= 11 is 6.06. The van der Waals surface area contributed by atoms with Crippen LogP contribution in [0.15, 0.2) is 48.5 Å². The standard InChI is InChI=1S/C17H18ClNO/c1-12(2)13-7-9-14(10-8-13)17(20)19-11-15-5-3-4-6-16(15)18/h3-10,12H,11H2,1-2H3,(H,19,20). The zero-order valence-corrected chi connectivity index (χ0v) is 12.4. The van der Waals surface area contributed by atoms with Gasteiger partial charge in [0, 0.05) is 17.1 Å². The van der Waals surface area contributed by atoms with E-state index >= 15 is 0 Å². The fraction of sp³-hybridized carbons (Fsp3) is 0.235. The fourth-order valence-corrected chi connectivity index (χ4v) is 2.14. The highest BCUT2D eigenvalue weighted by Gasteiger charge is 2.07. The van der Waals surface area contributed by atoms with Gasteiger partial charge in [-0.05, 0) is 35.2 Å². The van der Waals surface area contributed by atoms with Crippen LogP contribution >= 0.6 is 11.6 Å². The van der Waals surface area contributed by atoms with Gasteiger partial charge in [0.1, 0.15) is 0 Å². The third-order valence-corrected chi connectivity index (χ3v) is 3.61. The van der Waals surface area contributed by atoms with E-state index < -0.39 is 0 Å². The molecule has 0 heterocycles. The smallest absolute Gasteiger partial charge is 0.251 e. The van der Waals surface area contributed by atoms with E-state index in [-0.39, 0.29) is 5.91 Å². The van der Waals surface area contributed by atoms with E-state index in [1.165, 1.54) is 5.56 Å². The molecule has 0 radical (unpaired) electrons.